The van der Waals surface area contributed by atoms with Gasteiger partial charge in [-0.2, -0.15) is 26.3 Å². The number of nitrogens with one attached hydrogen (secondary N) is 1. The lowest BCUT2D eigenvalue weighted by Crippen LogP contribution is -2.41. The Morgan fingerprint density at radius 3 is 1.89 bits per heavy atom. The van der Waals surface area contributed by atoms with Crippen LogP contribution in [0.25, 0.3) is 0 Å². The van der Waals surface area contributed by atoms with E-state index in [2.05, 4.69) is 21.9 Å². The monoisotopic (exact) mass is 675 g/mol. The van der Waals surface area contributed by atoms with Gasteiger partial charge in [0.25, 0.3) is 0 Å². The van der Waals surface area contributed by atoms with Gasteiger partial charge in [0.1, 0.15) is 22.4 Å². The van der Waals surface area contributed by atoms with Crippen LogP contribution in [0.15, 0.2) is 91.5 Å². The number of allylic oxidation sites excluding steroid dienone is 1. The average Bonchev–Trinajstić information content (AvgIpc) is 2.97. The van der Waals surface area contributed by atoms with E-state index in [1.165, 1.54) is 6.92 Å². The summed E-state index contributed by atoms with van der Waals surface area (Å²) in [5.41, 5.74) is -3.17. The molecule has 1 heterocycles. The molecule has 0 saturated heterocycles. The van der Waals surface area contributed by atoms with Crippen LogP contribution in [0.5, 0.6) is 0 Å². The second-order valence-electron chi connectivity index (χ2n) is 11.7. The summed E-state index contributed by atoms with van der Waals surface area (Å²) in [4.78, 5) is 8.81. The maximum Gasteiger partial charge on any atom is 0.418 e. The van der Waals surface area contributed by atoms with Gasteiger partial charge < -0.3 is 9.74 Å². The Morgan fingerprint density at radius 1 is 0.848 bits per heavy atom. The van der Waals surface area contributed by atoms with Gasteiger partial charge in [-0.15, -0.1) is 6.58 Å². The Labute approximate surface area is 271 Å². The fourth-order valence-electron chi connectivity index (χ4n) is 5.16. The number of anilines is 2. The van der Waals surface area contributed by atoms with Crippen LogP contribution >= 0.6 is 11.6 Å². The zero-order valence-electron chi connectivity index (χ0n) is 25.5. The summed E-state index contributed by atoms with van der Waals surface area (Å²) in [5.74, 6) is -0.742. The molecule has 46 heavy (non-hydrogen) atoms. The van der Waals surface area contributed by atoms with E-state index in [0.717, 1.165) is 17.2 Å². The van der Waals surface area contributed by atoms with Crippen molar-refractivity contribution in [1.82, 2.24) is 9.97 Å². The number of alkyl halides is 6. The molecule has 4 rings (SSSR count). The number of rotatable bonds is 10. The first-order valence-electron chi connectivity index (χ1n) is 14.2. The van der Waals surface area contributed by atoms with E-state index in [0.29, 0.717) is 6.07 Å². The molecule has 0 fully saturated rings. The summed E-state index contributed by atoms with van der Waals surface area (Å²) < 4.78 is 89.9. The minimum absolute atomic E-state index is 0.0544. The van der Waals surface area contributed by atoms with Gasteiger partial charge in [0.15, 0.2) is 0 Å². The number of halogens is 7. The van der Waals surface area contributed by atoms with Crippen LogP contribution in [-0.4, -0.2) is 19.7 Å². The maximum absolute atomic E-state index is 14.2. The zero-order chi connectivity index (χ0) is 33.9. The van der Waals surface area contributed by atoms with Crippen LogP contribution in [0.2, 0.25) is 10.2 Å². The summed E-state index contributed by atoms with van der Waals surface area (Å²) in [6.07, 6.45) is -8.25. The van der Waals surface area contributed by atoms with Gasteiger partial charge in [-0.05, 0) is 47.7 Å². The van der Waals surface area contributed by atoms with Crippen molar-refractivity contribution in [1.29, 1.82) is 0 Å². The van der Waals surface area contributed by atoms with Gasteiger partial charge >= 0.3 is 12.4 Å². The van der Waals surface area contributed by atoms with Gasteiger partial charge in [0.05, 0.1) is 16.8 Å². The van der Waals surface area contributed by atoms with Gasteiger partial charge in [0.2, 0.25) is 9.76 Å². The Balaban J connectivity index is 2.05. The van der Waals surface area contributed by atoms with Crippen LogP contribution in [-0.2, 0) is 22.4 Å². The third kappa shape index (κ3) is 7.82. The molecule has 1 unspecified atom stereocenters. The van der Waals surface area contributed by atoms with Crippen LogP contribution in [0.4, 0.5) is 37.8 Å². The standard InChI is InChI=1S/C34H32ClF6N3OSi/c1-6-13-25(32(45-46-31(3,4)5,22-14-9-7-10-15-22)23-16-11-8-12-17-23)28-29(35)42-21(2)43-30(28)44-27-19-18-24(33(36,37)38)20-26(27)34(39,40)41/h6-12,14-20,25H,1,13H2,2-5H3,(H,42,43,44). The van der Waals surface area contributed by atoms with Gasteiger partial charge in [-0.3, -0.25) is 0 Å². The van der Waals surface area contributed by atoms with E-state index >= 15 is 0 Å². The summed E-state index contributed by atoms with van der Waals surface area (Å²) in [7, 11) is -0.0598. The summed E-state index contributed by atoms with van der Waals surface area (Å²) in [5, 5.41) is 2.34. The predicted molar refractivity (Wildman–Crippen MR) is 169 cm³/mol. The Morgan fingerprint density at radius 2 is 1.41 bits per heavy atom. The number of benzene rings is 3. The first-order chi connectivity index (χ1) is 21.5. The van der Waals surface area contributed by atoms with E-state index in [9.17, 15) is 26.3 Å². The van der Waals surface area contributed by atoms with Crippen molar-refractivity contribution in [2.24, 2.45) is 0 Å². The Bertz CT molecular complexity index is 1620. The van der Waals surface area contributed by atoms with Crippen LogP contribution in [0.1, 0.15) is 66.8 Å². The van der Waals surface area contributed by atoms with E-state index in [1.807, 2.05) is 81.4 Å². The summed E-state index contributed by atoms with van der Waals surface area (Å²) in [6.45, 7) is 11.5. The summed E-state index contributed by atoms with van der Waals surface area (Å²) >= 11 is 6.87. The molecule has 12 heteroatoms. The van der Waals surface area contributed by atoms with E-state index in [-0.39, 0.29) is 49.6 Å². The fraction of sp³-hybridized carbons (Fsp3) is 0.294. The summed E-state index contributed by atoms with van der Waals surface area (Å²) in [6, 6.07) is 20.1. The number of nitrogens with zero attached hydrogens (tertiary/aromatic N) is 2. The first kappa shape index (κ1) is 35.2. The molecule has 0 aliphatic heterocycles. The van der Waals surface area contributed by atoms with Crippen molar-refractivity contribution in [2.45, 2.75) is 63.0 Å². The van der Waals surface area contributed by atoms with Crippen LogP contribution < -0.4 is 5.32 Å². The molecular formula is C34H32ClF6N3OSi. The Kier molecular flexibility index (Phi) is 10.4. The lowest BCUT2D eigenvalue weighted by Gasteiger charge is -2.44. The third-order valence-corrected chi connectivity index (χ3v) is 8.41. The highest BCUT2D eigenvalue weighted by Gasteiger charge is 2.47. The molecular weight excluding hydrogens is 644 g/mol. The lowest BCUT2D eigenvalue weighted by molar-refractivity contribution is -0.142. The molecule has 2 radical (unpaired) electrons. The molecule has 4 nitrogen and oxygen atoms in total. The minimum atomic E-state index is -5.12. The highest BCUT2D eigenvalue weighted by molar-refractivity contribution is 6.32. The van der Waals surface area contributed by atoms with Gasteiger partial charge in [0, 0.05) is 11.5 Å². The molecule has 0 aliphatic carbocycles. The first-order valence-corrected chi connectivity index (χ1v) is 15.5. The molecule has 4 aromatic rings. The lowest BCUT2D eigenvalue weighted by atomic mass is 9.71. The van der Waals surface area contributed by atoms with Crippen molar-refractivity contribution < 1.29 is 30.8 Å². The molecule has 0 amide bonds. The topological polar surface area (TPSA) is 47.0 Å². The van der Waals surface area contributed by atoms with Gasteiger partial charge in [-0.25, -0.2) is 9.97 Å². The smallest absolute Gasteiger partial charge is 0.403 e. The Hall–Kier alpha value is -3.67. The van der Waals surface area contributed by atoms with Crippen molar-refractivity contribution in [3.8, 4) is 0 Å². The second-order valence-corrected chi connectivity index (χ2v) is 14.0. The molecule has 1 atom stereocenters. The number of hydrogen-bond acceptors (Lipinski definition) is 4. The number of aryl methyl sites for hydroxylation is 1. The molecule has 0 spiro atoms. The molecule has 0 saturated carbocycles. The van der Waals surface area contributed by atoms with E-state index in [4.69, 9.17) is 16.0 Å². The van der Waals surface area contributed by atoms with Crippen molar-refractivity contribution >= 4 is 32.9 Å². The minimum Gasteiger partial charge on any atom is -0.403 e. The fourth-order valence-corrected chi connectivity index (χ4v) is 6.35. The number of hydrogen-bond donors (Lipinski definition) is 1. The highest BCUT2D eigenvalue weighted by Crippen LogP contribution is 2.52. The quantitative estimate of drug-likeness (QED) is 0.0786. The molecule has 1 N–H and O–H groups in total. The van der Waals surface area contributed by atoms with Gasteiger partial charge in [-0.1, -0.05) is 99.1 Å². The van der Waals surface area contributed by atoms with E-state index in [1.54, 1.807) is 6.08 Å². The molecule has 0 bridgehead atoms. The van der Waals surface area contributed by atoms with Crippen molar-refractivity contribution in [2.75, 3.05) is 5.32 Å². The largest absolute Gasteiger partial charge is 0.418 e. The van der Waals surface area contributed by atoms with Crippen LogP contribution in [0, 0.1) is 6.92 Å². The number of aromatic nitrogens is 2. The van der Waals surface area contributed by atoms with Crippen LogP contribution in [0.3, 0.4) is 0 Å². The average molecular weight is 676 g/mol. The van der Waals surface area contributed by atoms with Crippen molar-refractivity contribution in [3.05, 3.63) is 130 Å². The molecule has 0 aliphatic rings. The second kappa shape index (κ2) is 13.6. The molecule has 3 aromatic carbocycles. The maximum atomic E-state index is 14.2. The molecule has 242 valence electrons. The third-order valence-electron chi connectivity index (χ3n) is 7.08. The molecule has 1 aromatic heterocycles. The normalized spacial score (nSPS) is 13.4. The predicted octanol–water partition coefficient (Wildman–Crippen LogP) is 10.7. The van der Waals surface area contributed by atoms with E-state index < -0.39 is 40.7 Å². The zero-order valence-corrected chi connectivity index (χ0v) is 27.3. The highest BCUT2D eigenvalue weighted by atomic mass is 35.5. The SMILES string of the molecule is C=CCC(c1c(Cl)nc(C)nc1Nc1ccc(C(F)(F)F)cc1C(F)(F)F)C(O[Si]C(C)(C)C)(c1ccccc1)c1ccccc1. The van der Waals surface area contributed by atoms with Crippen molar-refractivity contribution in [3.63, 3.8) is 0 Å².